The summed E-state index contributed by atoms with van der Waals surface area (Å²) in [6.45, 7) is 4.27. The molecule has 0 atom stereocenters. The molecule has 3 aromatic rings. The Morgan fingerprint density at radius 3 is 2.88 bits per heavy atom. The topological polar surface area (TPSA) is 51.3 Å². The fraction of sp³-hybridized carbons (Fsp3) is 0.286. The molecule has 0 saturated heterocycles. The number of rotatable bonds is 7. The number of benzene rings is 2. The number of hydrogen-bond acceptors (Lipinski definition) is 3. The van der Waals surface area contributed by atoms with Gasteiger partial charge in [-0.15, -0.1) is 0 Å². The van der Waals surface area contributed by atoms with Gasteiger partial charge in [0.05, 0.1) is 6.61 Å². The molecule has 1 heterocycles. The van der Waals surface area contributed by atoms with Gasteiger partial charge in [0.1, 0.15) is 5.75 Å². The van der Waals surface area contributed by atoms with Crippen LogP contribution in [0, 0.1) is 13.8 Å². The van der Waals surface area contributed by atoms with Crippen molar-refractivity contribution in [2.45, 2.75) is 26.7 Å². The summed E-state index contributed by atoms with van der Waals surface area (Å²) in [6, 6.07) is 11.6. The van der Waals surface area contributed by atoms with E-state index in [-0.39, 0.29) is 12.6 Å². The second kappa shape index (κ2) is 8.28. The molecule has 0 fully saturated rings. The van der Waals surface area contributed by atoms with Crippen molar-refractivity contribution < 1.29 is 14.3 Å². The molecule has 0 amide bonds. The molecule has 0 aliphatic rings. The van der Waals surface area contributed by atoms with E-state index in [9.17, 15) is 4.79 Å². The van der Waals surface area contributed by atoms with E-state index in [1.54, 1.807) is 0 Å². The molecule has 0 saturated carbocycles. The van der Waals surface area contributed by atoms with Crippen molar-refractivity contribution >= 4 is 28.5 Å². The predicted octanol–water partition coefficient (Wildman–Crippen LogP) is 4.99. The molecule has 0 spiro atoms. The van der Waals surface area contributed by atoms with Gasteiger partial charge < -0.3 is 14.5 Å². The van der Waals surface area contributed by atoms with Crippen LogP contribution in [-0.2, 0) is 16.0 Å². The first-order valence-electron chi connectivity index (χ1n) is 8.65. The molecule has 0 radical (unpaired) electrons. The lowest BCUT2D eigenvalue weighted by Crippen LogP contribution is -2.16. The van der Waals surface area contributed by atoms with E-state index in [2.05, 4.69) is 4.98 Å². The Bertz CT molecular complexity index is 917. The zero-order valence-electron chi connectivity index (χ0n) is 15.0. The van der Waals surface area contributed by atoms with E-state index in [0.717, 1.165) is 40.6 Å². The Labute approximate surface area is 158 Å². The molecule has 1 N–H and O–H groups in total. The van der Waals surface area contributed by atoms with Gasteiger partial charge in [-0.25, -0.2) is 4.79 Å². The summed E-state index contributed by atoms with van der Waals surface area (Å²) in [4.78, 5) is 15.1. The Morgan fingerprint density at radius 1 is 1.19 bits per heavy atom. The molecule has 26 heavy (non-hydrogen) atoms. The molecule has 0 unspecified atom stereocenters. The van der Waals surface area contributed by atoms with Crippen LogP contribution in [0.25, 0.3) is 10.9 Å². The average Bonchev–Trinajstić information content (AvgIpc) is 3.02. The zero-order valence-corrected chi connectivity index (χ0v) is 15.7. The van der Waals surface area contributed by atoms with E-state index in [1.165, 1.54) is 5.56 Å². The fourth-order valence-corrected chi connectivity index (χ4v) is 3.04. The number of aromatic amines is 1. The molecule has 5 heteroatoms. The number of ether oxygens (including phenoxy) is 2. The summed E-state index contributed by atoms with van der Waals surface area (Å²) in [5.74, 6) is 0.366. The van der Waals surface area contributed by atoms with Gasteiger partial charge >= 0.3 is 5.97 Å². The molecular weight excluding hydrogens is 350 g/mol. The average molecular weight is 372 g/mol. The van der Waals surface area contributed by atoms with Gasteiger partial charge in [-0.2, -0.15) is 0 Å². The summed E-state index contributed by atoms with van der Waals surface area (Å²) in [5, 5.41) is 1.83. The van der Waals surface area contributed by atoms with Crippen LogP contribution in [0.2, 0.25) is 5.02 Å². The zero-order chi connectivity index (χ0) is 18.5. The van der Waals surface area contributed by atoms with Gasteiger partial charge in [-0.05, 0) is 67.6 Å². The number of esters is 1. The molecular formula is C21H22ClNO3. The van der Waals surface area contributed by atoms with Crippen molar-refractivity contribution in [3.8, 4) is 5.75 Å². The largest absolute Gasteiger partial charge is 0.482 e. The van der Waals surface area contributed by atoms with Gasteiger partial charge in [-0.1, -0.05) is 23.7 Å². The second-order valence-electron chi connectivity index (χ2n) is 6.31. The standard InChI is InChI=1S/C21H22ClNO3/c1-14-5-3-7-20(15(14)2)26-13-21(24)25-10-4-6-16-12-23-19-9-8-17(22)11-18(16)19/h3,5,7-9,11-12,23H,4,6,10,13H2,1-2H3. The maximum absolute atomic E-state index is 11.9. The lowest BCUT2D eigenvalue weighted by molar-refractivity contribution is -0.146. The highest BCUT2D eigenvalue weighted by molar-refractivity contribution is 6.31. The van der Waals surface area contributed by atoms with Gasteiger partial charge in [0.2, 0.25) is 0 Å². The molecule has 0 aliphatic carbocycles. The molecule has 0 bridgehead atoms. The third-order valence-corrected chi connectivity index (χ3v) is 4.72. The van der Waals surface area contributed by atoms with Crippen LogP contribution in [0.1, 0.15) is 23.1 Å². The summed E-state index contributed by atoms with van der Waals surface area (Å²) < 4.78 is 10.8. The van der Waals surface area contributed by atoms with Crippen LogP contribution in [0.15, 0.2) is 42.6 Å². The van der Waals surface area contributed by atoms with Crippen molar-refractivity contribution in [3.05, 3.63) is 64.3 Å². The monoisotopic (exact) mass is 371 g/mol. The maximum Gasteiger partial charge on any atom is 0.344 e. The lowest BCUT2D eigenvalue weighted by atomic mass is 10.1. The quantitative estimate of drug-likeness (QED) is 0.470. The van der Waals surface area contributed by atoms with Crippen LogP contribution >= 0.6 is 11.6 Å². The van der Waals surface area contributed by atoms with E-state index in [4.69, 9.17) is 21.1 Å². The van der Waals surface area contributed by atoms with Crippen molar-refractivity contribution in [1.82, 2.24) is 4.98 Å². The van der Waals surface area contributed by atoms with E-state index in [0.29, 0.717) is 11.6 Å². The Hall–Kier alpha value is -2.46. The van der Waals surface area contributed by atoms with Crippen molar-refractivity contribution in [1.29, 1.82) is 0 Å². The first-order chi connectivity index (χ1) is 12.5. The van der Waals surface area contributed by atoms with Crippen LogP contribution in [-0.4, -0.2) is 24.2 Å². The number of aromatic nitrogens is 1. The minimum absolute atomic E-state index is 0.0764. The summed E-state index contributed by atoms with van der Waals surface area (Å²) in [7, 11) is 0. The molecule has 3 rings (SSSR count). The minimum atomic E-state index is -0.354. The normalized spacial score (nSPS) is 10.9. The fourth-order valence-electron chi connectivity index (χ4n) is 2.86. The third kappa shape index (κ3) is 4.38. The summed E-state index contributed by atoms with van der Waals surface area (Å²) in [6.07, 6.45) is 3.53. The predicted molar refractivity (Wildman–Crippen MR) is 104 cm³/mol. The number of hydrogen-bond donors (Lipinski definition) is 1. The van der Waals surface area contributed by atoms with Crippen LogP contribution in [0.3, 0.4) is 0 Å². The van der Waals surface area contributed by atoms with Crippen molar-refractivity contribution in [2.24, 2.45) is 0 Å². The first-order valence-corrected chi connectivity index (χ1v) is 9.02. The number of halogens is 1. The van der Waals surface area contributed by atoms with E-state index < -0.39 is 0 Å². The summed E-state index contributed by atoms with van der Waals surface area (Å²) >= 11 is 6.06. The number of carbonyl (C=O) groups excluding carboxylic acids is 1. The van der Waals surface area contributed by atoms with Gasteiger partial charge in [0.25, 0.3) is 0 Å². The molecule has 0 aliphatic heterocycles. The number of aryl methyl sites for hydroxylation is 2. The highest BCUT2D eigenvalue weighted by Crippen LogP contribution is 2.23. The molecule has 2 aromatic carbocycles. The number of H-pyrrole nitrogens is 1. The van der Waals surface area contributed by atoms with Crippen molar-refractivity contribution in [2.75, 3.05) is 13.2 Å². The Balaban J connectivity index is 1.43. The number of fused-ring (bicyclic) bond motifs is 1. The maximum atomic E-state index is 11.9. The highest BCUT2D eigenvalue weighted by atomic mass is 35.5. The summed E-state index contributed by atoms with van der Waals surface area (Å²) in [5.41, 5.74) is 4.40. The third-order valence-electron chi connectivity index (χ3n) is 4.48. The van der Waals surface area contributed by atoms with E-state index >= 15 is 0 Å². The molecule has 136 valence electrons. The first kappa shape index (κ1) is 18.3. The number of nitrogens with one attached hydrogen (secondary N) is 1. The minimum Gasteiger partial charge on any atom is -0.482 e. The highest BCUT2D eigenvalue weighted by Gasteiger charge is 2.08. The second-order valence-corrected chi connectivity index (χ2v) is 6.75. The Kier molecular flexibility index (Phi) is 5.84. The molecule has 1 aromatic heterocycles. The molecule has 4 nitrogen and oxygen atoms in total. The van der Waals surface area contributed by atoms with Gasteiger partial charge in [0, 0.05) is 22.1 Å². The lowest BCUT2D eigenvalue weighted by Gasteiger charge is -2.10. The smallest absolute Gasteiger partial charge is 0.344 e. The van der Waals surface area contributed by atoms with Crippen molar-refractivity contribution in [3.63, 3.8) is 0 Å². The van der Waals surface area contributed by atoms with Crippen LogP contribution in [0.4, 0.5) is 0 Å². The van der Waals surface area contributed by atoms with Gasteiger partial charge in [0.15, 0.2) is 6.61 Å². The Morgan fingerprint density at radius 2 is 2.04 bits per heavy atom. The SMILES string of the molecule is Cc1cccc(OCC(=O)OCCCc2c[nH]c3ccc(Cl)cc23)c1C. The van der Waals surface area contributed by atoms with Gasteiger partial charge in [-0.3, -0.25) is 0 Å². The van der Waals surface area contributed by atoms with E-state index in [1.807, 2.05) is 56.4 Å². The van der Waals surface area contributed by atoms with Crippen LogP contribution < -0.4 is 4.74 Å². The number of carbonyl (C=O) groups is 1. The van der Waals surface area contributed by atoms with Crippen LogP contribution in [0.5, 0.6) is 5.75 Å².